The molecule has 0 radical (unpaired) electrons. The van der Waals surface area contributed by atoms with Crippen molar-refractivity contribution in [2.24, 2.45) is 0 Å². The zero-order valence-electron chi connectivity index (χ0n) is 13.0. The molecule has 2 aliphatic carbocycles. The Labute approximate surface area is 122 Å². The summed E-state index contributed by atoms with van der Waals surface area (Å²) in [7, 11) is 2.12. The van der Waals surface area contributed by atoms with Gasteiger partial charge in [0.1, 0.15) is 11.6 Å². The lowest BCUT2D eigenvalue weighted by Gasteiger charge is -2.37. The lowest BCUT2D eigenvalue weighted by molar-refractivity contribution is 0.237. The van der Waals surface area contributed by atoms with Gasteiger partial charge in [-0.1, -0.05) is 32.1 Å². The molecule has 1 heterocycles. The molecule has 0 aliphatic heterocycles. The highest BCUT2D eigenvalue weighted by Gasteiger charge is 2.33. The maximum absolute atomic E-state index is 4.52. The second kappa shape index (κ2) is 5.84. The Hall–Kier alpha value is -0.900. The van der Waals surface area contributed by atoms with Gasteiger partial charge in [-0.15, -0.1) is 10.2 Å². The van der Waals surface area contributed by atoms with Crippen LogP contribution in [0.15, 0.2) is 0 Å². The summed E-state index contributed by atoms with van der Waals surface area (Å²) in [5.74, 6) is 2.32. The van der Waals surface area contributed by atoms with Crippen LogP contribution in [-0.2, 0) is 6.42 Å². The van der Waals surface area contributed by atoms with Crippen molar-refractivity contribution in [2.45, 2.75) is 82.7 Å². The molecule has 112 valence electrons. The molecule has 4 nitrogen and oxygen atoms in total. The minimum absolute atomic E-state index is 0.258. The van der Waals surface area contributed by atoms with E-state index in [1.165, 1.54) is 63.6 Å². The van der Waals surface area contributed by atoms with Gasteiger partial charge in [0, 0.05) is 18.0 Å². The molecule has 0 unspecified atom stereocenters. The maximum atomic E-state index is 4.52. The minimum Gasteiger partial charge on any atom is -0.314 e. The van der Waals surface area contributed by atoms with Crippen molar-refractivity contribution in [3.05, 3.63) is 11.6 Å². The van der Waals surface area contributed by atoms with Crippen LogP contribution < -0.4 is 5.32 Å². The Morgan fingerprint density at radius 3 is 2.45 bits per heavy atom. The third-order valence-electron chi connectivity index (χ3n) is 5.46. The summed E-state index contributed by atoms with van der Waals surface area (Å²) in [6.07, 6.45) is 13.0. The lowest BCUT2D eigenvalue weighted by atomic mass is 9.79. The van der Waals surface area contributed by atoms with Gasteiger partial charge in [-0.25, -0.2) is 0 Å². The molecule has 0 amide bonds. The SMILES string of the molecule is CNC1(Cc2nnc(C)n2C2CCCC2)CCCCC1. The van der Waals surface area contributed by atoms with Crippen LogP contribution in [0, 0.1) is 6.92 Å². The Morgan fingerprint density at radius 2 is 1.80 bits per heavy atom. The Morgan fingerprint density at radius 1 is 1.10 bits per heavy atom. The van der Waals surface area contributed by atoms with Crippen molar-refractivity contribution in [1.82, 2.24) is 20.1 Å². The molecule has 20 heavy (non-hydrogen) atoms. The molecule has 1 aromatic rings. The summed E-state index contributed by atoms with van der Waals surface area (Å²) in [5, 5.41) is 12.5. The van der Waals surface area contributed by atoms with Crippen LogP contribution in [-0.4, -0.2) is 27.4 Å². The zero-order chi connectivity index (χ0) is 14.0. The van der Waals surface area contributed by atoms with Gasteiger partial charge in [-0.3, -0.25) is 0 Å². The number of nitrogens with one attached hydrogen (secondary N) is 1. The zero-order valence-corrected chi connectivity index (χ0v) is 13.0. The van der Waals surface area contributed by atoms with Crippen molar-refractivity contribution in [1.29, 1.82) is 0 Å². The molecule has 0 bridgehead atoms. The van der Waals surface area contributed by atoms with Gasteiger partial charge < -0.3 is 9.88 Å². The first-order valence-corrected chi connectivity index (χ1v) is 8.33. The molecule has 2 fully saturated rings. The average molecular weight is 276 g/mol. The van der Waals surface area contributed by atoms with Gasteiger partial charge in [0.15, 0.2) is 0 Å². The van der Waals surface area contributed by atoms with Crippen LogP contribution in [0.2, 0.25) is 0 Å². The maximum Gasteiger partial charge on any atom is 0.135 e. The topological polar surface area (TPSA) is 42.7 Å². The minimum atomic E-state index is 0.258. The quantitative estimate of drug-likeness (QED) is 0.918. The molecule has 1 aromatic heterocycles. The molecule has 0 atom stereocenters. The predicted molar refractivity (Wildman–Crippen MR) is 80.8 cm³/mol. The van der Waals surface area contributed by atoms with Crippen LogP contribution >= 0.6 is 0 Å². The highest BCUT2D eigenvalue weighted by atomic mass is 15.3. The predicted octanol–water partition coefficient (Wildman–Crippen LogP) is 3.17. The molecule has 4 heteroatoms. The standard InChI is InChI=1S/C16H28N4/c1-13-18-19-15(20(13)14-8-4-5-9-14)12-16(17-2)10-6-3-7-11-16/h14,17H,3-12H2,1-2H3. The molecule has 0 aromatic carbocycles. The Kier molecular flexibility index (Phi) is 4.11. The van der Waals surface area contributed by atoms with Gasteiger partial charge in [0.05, 0.1) is 0 Å². The summed E-state index contributed by atoms with van der Waals surface area (Å²) in [6.45, 7) is 2.11. The monoisotopic (exact) mass is 276 g/mol. The van der Waals surface area contributed by atoms with Gasteiger partial charge >= 0.3 is 0 Å². The van der Waals surface area contributed by atoms with E-state index >= 15 is 0 Å². The summed E-state index contributed by atoms with van der Waals surface area (Å²) in [5.41, 5.74) is 0.258. The van der Waals surface area contributed by atoms with Crippen LogP contribution in [0.1, 0.15) is 75.5 Å². The van der Waals surface area contributed by atoms with Crippen LogP contribution in [0.5, 0.6) is 0 Å². The van der Waals surface area contributed by atoms with Gasteiger partial charge in [-0.05, 0) is 39.7 Å². The fourth-order valence-corrected chi connectivity index (χ4v) is 4.22. The molecular weight excluding hydrogens is 248 g/mol. The number of likely N-dealkylation sites (N-methyl/N-ethyl adjacent to an activating group) is 1. The molecule has 0 saturated heterocycles. The van der Waals surface area contributed by atoms with Gasteiger partial charge in [-0.2, -0.15) is 0 Å². The number of hydrogen-bond acceptors (Lipinski definition) is 3. The van der Waals surface area contributed by atoms with E-state index in [4.69, 9.17) is 0 Å². The van der Waals surface area contributed by atoms with Crippen molar-refractivity contribution >= 4 is 0 Å². The highest BCUT2D eigenvalue weighted by molar-refractivity contribution is 5.05. The number of hydrogen-bond donors (Lipinski definition) is 1. The van der Waals surface area contributed by atoms with E-state index in [0.717, 1.165) is 12.2 Å². The van der Waals surface area contributed by atoms with E-state index in [2.05, 4.69) is 34.1 Å². The average Bonchev–Trinajstić information content (AvgIpc) is 3.10. The molecule has 0 spiro atoms. The van der Waals surface area contributed by atoms with Crippen LogP contribution in [0.25, 0.3) is 0 Å². The molecular formula is C16H28N4. The van der Waals surface area contributed by atoms with E-state index in [1.54, 1.807) is 0 Å². The van der Waals surface area contributed by atoms with Gasteiger partial charge in [0.25, 0.3) is 0 Å². The van der Waals surface area contributed by atoms with Crippen LogP contribution in [0.3, 0.4) is 0 Å². The second-order valence-electron chi connectivity index (χ2n) is 6.74. The normalized spacial score (nSPS) is 23.3. The van der Waals surface area contributed by atoms with E-state index < -0.39 is 0 Å². The van der Waals surface area contributed by atoms with Crippen molar-refractivity contribution < 1.29 is 0 Å². The Balaban J connectivity index is 1.82. The summed E-state index contributed by atoms with van der Waals surface area (Å²) in [6, 6.07) is 0.650. The summed E-state index contributed by atoms with van der Waals surface area (Å²) in [4.78, 5) is 0. The van der Waals surface area contributed by atoms with Crippen LogP contribution in [0.4, 0.5) is 0 Å². The van der Waals surface area contributed by atoms with E-state index in [-0.39, 0.29) is 5.54 Å². The lowest BCUT2D eigenvalue weighted by Crippen LogP contribution is -2.47. The first-order valence-electron chi connectivity index (χ1n) is 8.33. The fraction of sp³-hybridized carbons (Fsp3) is 0.875. The summed E-state index contributed by atoms with van der Waals surface area (Å²) >= 11 is 0. The summed E-state index contributed by atoms with van der Waals surface area (Å²) < 4.78 is 2.45. The number of aromatic nitrogens is 3. The van der Waals surface area contributed by atoms with Gasteiger partial charge in [0.2, 0.25) is 0 Å². The largest absolute Gasteiger partial charge is 0.314 e. The van der Waals surface area contributed by atoms with Crippen molar-refractivity contribution in [3.8, 4) is 0 Å². The van der Waals surface area contributed by atoms with E-state index in [0.29, 0.717) is 6.04 Å². The molecule has 3 rings (SSSR count). The molecule has 2 saturated carbocycles. The number of rotatable bonds is 4. The highest BCUT2D eigenvalue weighted by Crippen LogP contribution is 2.34. The molecule has 1 N–H and O–H groups in total. The van der Waals surface area contributed by atoms with E-state index in [9.17, 15) is 0 Å². The number of nitrogens with zero attached hydrogens (tertiary/aromatic N) is 3. The number of aryl methyl sites for hydroxylation is 1. The van der Waals surface area contributed by atoms with E-state index in [1.807, 2.05) is 0 Å². The fourth-order valence-electron chi connectivity index (χ4n) is 4.22. The second-order valence-corrected chi connectivity index (χ2v) is 6.74. The smallest absolute Gasteiger partial charge is 0.135 e. The first-order chi connectivity index (χ1) is 9.74. The van der Waals surface area contributed by atoms with Crippen molar-refractivity contribution in [3.63, 3.8) is 0 Å². The third kappa shape index (κ3) is 2.62. The molecule has 2 aliphatic rings. The van der Waals surface area contributed by atoms with Crippen molar-refractivity contribution in [2.75, 3.05) is 7.05 Å². The Bertz CT molecular complexity index is 439. The third-order valence-corrected chi connectivity index (χ3v) is 5.46. The first kappa shape index (κ1) is 14.1.